The standard InChI is InChI=1S/C9H16IN/c1-4-5-6-9(10)8(2)7-11-3/h6-7,11H,4-5H2,1-3H3/b8-7-,9-6-. The summed E-state index contributed by atoms with van der Waals surface area (Å²) in [6.45, 7) is 4.31. The number of halogens is 1. The van der Waals surface area contributed by atoms with E-state index in [0.29, 0.717) is 0 Å². The summed E-state index contributed by atoms with van der Waals surface area (Å²) in [5.74, 6) is 0. The number of hydrogen-bond donors (Lipinski definition) is 1. The highest BCUT2D eigenvalue weighted by atomic mass is 127. The molecule has 0 unspecified atom stereocenters. The fourth-order valence-electron chi connectivity index (χ4n) is 0.717. The Morgan fingerprint density at radius 3 is 2.64 bits per heavy atom. The summed E-state index contributed by atoms with van der Waals surface area (Å²) >= 11 is 2.37. The van der Waals surface area contributed by atoms with Gasteiger partial charge in [-0.25, -0.2) is 0 Å². The second-order valence-corrected chi connectivity index (χ2v) is 3.62. The van der Waals surface area contributed by atoms with E-state index in [4.69, 9.17) is 0 Å². The van der Waals surface area contributed by atoms with Crippen molar-refractivity contribution >= 4 is 22.6 Å². The lowest BCUT2D eigenvalue weighted by Crippen LogP contribution is -1.94. The maximum absolute atomic E-state index is 3.02. The van der Waals surface area contributed by atoms with E-state index in [-0.39, 0.29) is 0 Å². The van der Waals surface area contributed by atoms with E-state index in [0.717, 1.165) is 0 Å². The summed E-state index contributed by atoms with van der Waals surface area (Å²) in [5, 5.41) is 3.02. The molecule has 64 valence electrons. The average Bonchev–Trinajstić information content (AvgIpc) is 2.00. The smallest absolute Gasteiger partial charge is 0.0134 e. The number of nitrogens with one attached hydrogen (secondary N) is 1. The molecule has 0 aliphatic heterocycles. The molecule has 2 heteroatoms. The fourth-order valence-corrected chi connectivity index (χ4v) is 1.18. The van der Waals surface area contributed by atoms with Crippen molar-refractivity contribution in [1.82, 2.24) is 5.32 Å². The van der Waals surface area contributed by atoms with E-state index in [9.17, 15) is 0 Å². The monoisotopic (exact) mass is 265 g/mol. The van der Waals surface area contributed by atoms with E-state index in [2.05, 4.69) is 47.8 Å². The zero-order chi connectivity index (χ0) is 8.69. The Balaban J connectivity index is 4.00. The van der Waals surface area contributed by atoms with Gasteiger partial charge in [0.15, 0.2) is 0 Å². The second kappa shape index (κ2) is 6.70. The molecule has 0 atom stereocenters. The largest absolute Gasteiger partial charge is 0.394 e. The van der Waals surface area contributed by atoms with Crippen molar-refractivity contribution in [2.45, 2.75) is 26.7 Å². The zero-order valence-corrected chi connectivity index (χ0v) is 9.60. The van der Waals surface area contributed by atoms with Crippen LogP contribution in [0.25, 0.3) is 0 Å². The van der Waals surface area contributed by atoms with Crippen molar-refractivity contribution in [3.8, 4) is 0 Å². The van der Waals surface area contributed by atoms with Crippen LogP contribution in [0.5, 0.6) is 0 Å². The molecule has 0 aliphatic carbocycles. The summed E-state index contributed by atoms with van der Waals surface area (Å²) in [7, 11) is 1.92. The molecule has 0 spiro atoms. The predicted molar refractivity (Wildman–Crippen MR) is 59.8 cm³/mol. The number of allylic oxidation sites excluding steroid dienone is 3. The second-order valence-electron chi connectivity index (χ2n) is 2.46. The van der Waals surface area contributed by atoms with Gasteiger partial charge in [-0.1, -0.05) is 19.4 Å². The minimum atomic E-state index is 1.17. The third-order valence-electron chi connectivity index (χ3n) is 1.35. The summed E-state index contributed by atoms with van der Waals surface area (Å²) < 4.78 is 1.35. The van der Waals surface area contributed by atoms with Gasteiger partial charge in [-0.15, -0.1) is 0 Å². The summed E-state index contributed by atoms with van der Waals surface area (Å²) in [4.78, 5) is 0. The normalized spacial score (nSPS) is 13.5. The van der Waals surface area contributed by atoms with Gasteiger partial charge in [-0.05, 0) is 41.5 Å². The molecule has 1 N–H and O–H groups in total. The topological polar surface area (TPSA) is 12.0 Å². The van der Waals surface area contributed by atoms with Gasteiger partial charge in [-0.3, -0.25) is 0 Å². The van der Waals surface area contributed by atoms with Crippen molar-refractivity contribution in [3.05, 3.63) is 21.4 Å². The van der Waals surface area contributed by atoms with E-state index in [1.807, 2.05) is 13.2 Å². The Morgan fingerprint density at radius 1 is 1.55 bits per heavy atom. The Labute approximate surface area is 83.1 Å². The van der Waals surface area contributed by atoms with E-state index in [1.165, 1.54) is 22.0 Å². The first kappa shape index (κ1) is 11.0. The van der Waals surface area contributed by atoms with E-state index >= 15 is 0 Å². The molecule has 0 aromatic heterocycles. The van der Waals surface area contributed by atoms with Gasteiger partial charge in [0.25, 0.3) is 0 Å². The lowest BCUT2D eigenvalue weighted by molar-refractivity contribution is 0.956. The highest BCUT2D eigenvalue weighted by Gasteiger charge is 1.91. The average molecular weight is 265 g/mol. The van der Waals surface area contributed by atoms with Gasteiger partial charge < -0.3 is 5.32 Å². The molecule has 0 bridgehead atoms. The molecular weight excluding hydrogens is 249 g/mol. The lowest BCUT2D eigenvalue weighted by Gasteiger charge is -1.98. The maximum Gasteiger partial charge on any atom is 0.0134 e. The van der Waals surface area contributed by atoms with Crippen molar-refractivity contribution in [1.29, 1.82) is 0 Å². The van der Waals surface area contributed by atoms with Crippen molar-refractivity contribution in [2.75, 3.05) is 7.05 Å². The molecule has 0 saturated heterocycles. The molecule has 0 rings (SSSR count). The first-order chi connectivity index (χ1) is 5.22. The first-order valence-corrected chi connectivity index (χ1v) is 5.00. The van der Waals surface area contributed by atoms with Crippen molar-refractivity contribution < 1.29 is 0 Å². The molecule has 1 nitrogen and oxygen atoms in total. The maximum atomic E-state index is 3.02. The van der Waals surface area contributed by atoms with Crippen molar-refractivity contribution in [2.24, 2.45) is 0 Å². The highest BCUT2D eigenvalue weighted by molar-refractivity contribution is 14.1. The van der Waals surface area contributed by atoms with Crippen molar-refractivity contribution in [3.63, 3.8) is 0 Å². The minimum absolute atomic E-state index is 1.17. The van der Waals surface area contributed by atoms with E-state index in [1.54, 1.807) is 0 Å². The predicted octanol–water partition coefficient (Wildman–Crippen LogP) is 3.23. The highest BCUT2D eigenvalue weighted by Crippen LogP contribution is 2.17. The Bertz CT molecular complexity index is 159. The van der Waals surface area contributed by atoms with Gasteiger partial charge in [0.05, 0.1) is 0 Å². The van der Waals surface area contributed by atoms with Crippen LogP contribution in [0.3, 0.4) is 0 Å². The Hall–Kier alpha value is 0.01000. The number of rotatable bonds is 4. The zero-order valence-electron chi connectivity index (χ0n) is 7.45. The summed E-state index contributed by atoms with van der Waals surface area (Å²) in [6.07, 6.45) is 6.68. The molecule has 0 heterocycles. The van der Waals surface area contributed by atoms with Crippen LogP contribution in [0.1, 0.15) is 26.7 Å². The summed E-state index contributed by atoms with van der Waals surface area (Å²) in [6, 6.07) is 0. The van der Waals surface area contributed by atoms with Gasteiger partial charge >= 0.3 is 0 Å². The van der Waals surface area contributed by atoms with Crippen LogP contribution >= 0.6 is 22.6 Å². The van der Waals surface area contributed by atoms with Crippen LogP contribution < -0.4 is 5.32 Å². The van der Waals surface area contributed by atoms with Crippen LogP contribution in [0, 0.1) is 0 Å². The molecular formula is C9H16IN. The Morgan fingerprint density at radius 2 is 2.18 bits per heavy atom. The molecule has 0 saturated carbocycles. The third-order valence-corrected chi connectivity index (χ3v) is 2.64. The number of hydrogen-bond acceptors (Lipinski definition) is 1. The van der Waals surface area contributed by atoms with Gasteiger partial charge in [0.2, 0.25) is 0 Å². The molecule has 11 heavy (non-hydrogen) atoms. The van der Waals surface area contributed by atoms with Crippen LogP contribution in [0.15, 0.2) is 21.4 Å². The third kappa shape index (κ3) is 5.30. The Kier molecular flexibility index (Phi) is 6.71. The SMILES string of the molecule is CCC/C=C(I)/C(C)=C\NC. The van der Waals surface area contributed by atoms with Gasteiger partial charge in [0, 0.05) is 16.8 Å². The van der Waals surface area contributed by atoms with Crippen LogP contribution in [0.2, 0.25) is 0 Å². The van der Waals surface area contributed by atoms with Crippen LogP contribution in [0.4, 0.5) is 0 Å². The van der Waals surface area contributed by atoms with E-state index < -0.39 is 0 Å². The molecule has 0 fully saturated rings. The molecule has 0 aromatic rings. The lowest BCUT2D eigenvalue weighted by atomic mass is 10.2. The van der Waals surface area contributed by atoms with Crippen LogP contribution in [-0.2, 0) is 0 Å². The molecule has 0 amide bonds. The number of unbranched alkanes of at least 4 members (excludes halogenated alkanes) is 1. The van der Waals surface area contributed by atoms with Crippen LogP contribution in [-0.4, -0.2) is 7.05 Å². The minimum Gasteiger partial charge on any atom is -0.394 e. The molecule has 0 aliphatic rings. The molecule has 0 aromatic carbocycles. The summed E-state index contributed by atoms with van der Waals surface area (Å²) in [5.41, 5.74) is 1.31. The van der Waals surface area contributed by atoms with Gasteiger partial charge in [-0.2, -0.15) is 0 Å². The first-order valence-electron chi connectivity index (χ1n) is 3.92. The quantitative estimate of drug-likeness (QED) is 0.608. The molecule has 0 radical (unpaired) electrons. The fraction of sp³-hybridized carbons (Fsp3) is 0.556. The van der Waals surface area contributed by atoms with Gasteiger partial charge in [0.1, 0.15) is 0 Å².